The Morgan fingerprint density at radius 3 is 2.38 bits per heavy atom. The number of hydrogen-bond donors (Lipinski definition) is 2. The van der Waals surface area contributed by atoms with Crippen LogP contribution in [0.3, 0.4) is 0 Å². The summed E-state index contributed by atoms with van der Waals surface area (Å²) in [7, 11) is 0. The van der Waals surface area contributed by atoms with E-state index in [1.165, 1.54) is 4.90 Å². The number of aryl methyl sites for hydroxylation is 1. The molecule has 5 nitrogen and oxygen atoms in total. The van der Waals surface area contributed by atoms with Crippen molar-refractivity contribution in [2.45, 2.75) is 46.1 Å². The molecule has 0 unspecified atom stereocenters. The molecular weight excluding hydrogens is 268 g/mol. The lowest BCUT2D eigenvalue weighted by atomic mass is 10.1. The zero-order valence-corrected chi connectivity index (χ0v) is 12.9. The fraction of sp³-hybridized carbons (Fsp3) is 0.500. The second-order valence-corrected chi connectivity index (χ2v) is 5.04. The number of carbonyl (C=O) groups excluding carboxylic acids is 1. The molecule has 0 spiro atoms. The first-order chi connectivity index (χ1) is 9.99. The Bertz CT molecular complexity index is 484. The van der Waals surface area contributed by atoms with Gasteiger partial charge in [-0.2, -0.15) is 0 Å². The number of para-hydroxylation sites is 1. The van der Waals surface area contributed by atoms with E-state index in [2.05, 4.69) is 5.32 Å². The van der Waals surface area contributed by atoms with E-state index in [0.717, 1.165) is 24.1 Å². The molecular formula is C16H24N2O3. The van der Waals surface area contributed by atoms with Crippen molar-refractivity contribution in [2.75, 3.05) is 11.4 Å². The monoisotopic (exact) mass is 292 g/mol. The van der Waals surface area contributed by atoms with Crippen LogP contribution >= 0.6 is 0 Å². The van der Waals surface area contributed by atoms with Crippen LogP contribution in [0, 0.1) is 6.92 Å². The Hall–Kier alpha value is -2.04. The summed E-state index contributed by atoms with van der Waals surface area (Å²) in [4.78, 5) is 24.8. The van der Waals surface area contributed by atoms with Gasteiger partial charge in [-0.1, -0.05) is 32.0 Å². The van der Waals surface area contributed by atoms with Gasteiger partial charge in [0.2, 0.25) is 0 Å². The van der Waals surface area contributed by atoms with Crippen molar-refractivity contribution in [1.82, 2.24) is 5.32 Å². The fourth-order valence-corrected chi connectivity index (χ4v) is 2.15. The average Bonchev–Trinajstić information content (AvgIpc) is 2.46. The van der Waals surface area contributed by atoms with E-state index >= 15 is 0 Å². The van der Waals surface area contributed by atoms with Crippen LogP contribution in [0.4, 0.5) is 10.5 Å². The molecule has 0 aromatic heterocycles. The van der Waals surface area contributed by atoms with Gasteiger partial charge in [-0.3, -0.25) is 9.69 Å². The second-order valence-electron chi connectivity index (χ2n) is 5.04. The maximum Gasteiger partial charge on any atom is 0.322 e. The van der Waals surface area contributed by atoms with Gasteiger partial charge in [-0.15, -0.1) is 0 Å². The molecule has 0 radical (unpaired) electrons. The third-order valence-electron chi connectivity index (χ3n) is 3.51. The van der Waals surface area contributed by atoms with Crippen LogP contribution in [0.2, 0.25) is 0 Å². The topological polar surface area (TPSA) is 69.6 Å². The Kier molecular flexibility index (Phi) is 6.72. The quantitative estimate of drug-likeness (QED) is 0.811. The summed E-state index contributed by atoms with van der Waals surface area (Å²) in [6, 6.07) is 7.36. The summed E-state index contributed by atoms with van der Waals surface area (Å²) in [5.41, 5.74) is 1.70. The molecule has 2 N–H and O–H groups in total. The third kappa shape index (κ3) is 5.10. The third-order valence-corrected chi connectivity index (χ3v) is 3.51. The van der Waals surface area contributed by atoms with Crippen molar-refractivity contribution in [3.8, 4) is 0 Å². The van der Waals surface area contributed by atoms with Gasteiger partial charge < -0.3 is 10.4 Å². The highest BCUT2D eigenvalue weighted by atomic mass is 16.4. The van der Waals surface area contributed by atoms with Gasteiger partial charge >= 0.3 is 12.0 Å². The molecule has 0 fully saturated rings. The van der Waals surface area contributed by atoms with Crippen LogP contribution in [0.1, 0.15) is 38.7 Å². The van der Waals surface area contributed by atoms with Crippen LogP contribution in [-0.2, 0) is 4.79 Å². The molecule has 0 aliphatic rings. The van der Waals surface area contributed by atoms with Crippen molar-refractivity contribution in [2.24, 2.45) is 0 Å². The first kappa shape index (κ1) is 17.0. The smallest absolute Gasteiger partial charge is 0.322 e. The lowest BCUT2D eigenvalue weighted by Crippen LogP contribution is -2.45. The number of nitrogens with zero attached hydrogens (tertiary/aromatic N) is 1. The van der Waals surface area contributed by atoms with Crippen molar-refractivity contribution in [3.63, 3.8) is 0 Å². The Morgan fingerprint density at radius 2 is 1.86 bits per heavy atom. The van der Waals surface area contributed by atoms with Gasteiger partial charge in [0.15, 0.2) is 0 Å². The van der Waals surface area contributed by atoms with Crippen LogP contribution in [0.5, 0.6) is 0 Å². The highest BCUT2D eigenvalue weighted by Gasteiger charge is 2.20. The molecule has 116 valence electrons. The van der Waals surface area contributed by atoms with Crippen LogP contribution in [0.25, 0.3) is 0 Å². The molecule has 0 saturated heterocycles. The molecule has 0 aliphatic carbocycles. The predicted octanol–water partition coefficient (Wildman–Crippen LogP) is 3.17. The van der Waals surface area contributed by atoms with E-state index < -0.39 is 5.97 Å². The summed E-state index contributed by atoms with van der Waals surface area (Å²) in [6.07, 6.45) is 1.62. The number of urea groups is 1. The van der Waals surface area contributed by atoms with Gasteiger partial charge in [-0.25, -0.2) is 4.79 Å². The zero-order chi connectivity index (χ0) is 15.8. The van der Waals surface area contributed by atoms with Gasteiger partial charge in [0, 0.05) is 18.3 Å². The van der Waals surface area contributed by atoms with Gasteiger partial charge in [-0.05, 0) is 31.4 Å². The minimum Gasteiger partial charge on any atom is -0.481 e. The number of carboxylic acid groups (broad SMARTS) is 1. The predicted molar refractivity (Wildman–Crippen MR) is 83.7 cm³/mol. The largest absolute Gasteiger partial charge is 0.481 e. The van der Waals surface area contributed by atoms with E-state index in [0.29, 0.717) is 0 Å². The maximum atomic E-state index is 12.5. The maximum absolute atomic E-state index is 12.5. The van der Waals surface area contributed by atoms with Gasteiger partial charge in [0.25, 0.3) is 0 Å². The molecule has 0 saturated carbocycles. The first-order valence-electron chi connectivity index (χ1n) is 7.35. The summed E-state index contributed by atoms with van der Waals surface area (Å²) in [5, 5.41) is 11.8. The summed E-state index contributed by atoms with van der Waals surface area (Å²) < 4.78 is 0. The van der Waals surface area contributed by atoms with E-state index in [1.807, 2.05) is 45.0 Å². The molecule has 1 aromatic rings. The number of carbonyl (C=O) groups is 2. The average molecular weight is 292 g/mol. The van der Waals surface area contributed by atoms with Crippen LogP contribution < -0.4 is 10.2 Å². The second kappa shape index (κ2) is 8.29. The van der Waals surface area contributed by atoms with Crippen molar-refractivity contribution in [1.29, 1.82) is 0 Å². The van der Waals surface area contributed by atoms with E-state index in [1.54, 1.807) is 0 Å². The summed E-state index contributed by atoms with van der Waals surface area (Å²) in [6.45, 7) is 6.10. The number of benzene rings is 1. The lowest BCUT2D eigenvalue weighted by molar-refractivity contribution is -0.136. The van der Waals surface area contributed by atoms with E-state index in [9.17, 15) is 9.59 Å². The lowest BCUT2D eigenvalue weighted by Gasteiger charge is -2.26. The molecule has 2 amide bonds. The van der Waals surface area contributed by atoms with Gasteiger partial charge in [0.1, 0.15) is 0 Å². The normalized spacial score (nSPS) is 10.5. The molecule has 0 heterocycles. The zero-order valence-electron chi connectivity index (χ0n) is 12.9. The molecule has 21 heavy (non-hydrogen) atoms. The number of carboxylic acids is 1. The standard InChI is InChI=1S/C16H24N2O3/c1-4-13(5-2)17-16(21)18(11-10-15(19)20)14-9-7-6-8-12(14)3/h6-9,13H,4-5,10-11H2,1-3H3,(H,17,21)(H,19,20). The van der Waals surface area contributed by atoms with Crippen molar-refractivity contribution >= 4 is 17.7 Å². The van der Waals surface area contributed by atoms with Crippen molar-refractivity contribution in [3.05, 3.63) is 29.8 Å². The minimum atomic E-state index is -0.913. The van der Waals surface area contributed by atoms with E-state index in [4.69, 9.17) is 5.11 Å². The molecule has 1 rings (SSSR count). The number of rotatable bonds is 7. The molecule has 0 aliphatic heterocycles. The highest BCUT2D eigenvalue weighted by molar-refractivity contribution is 5.93. The summed E-state index contributed by atoms with van der Waals surface area (Å²) in [5.74, 6) is -0.913. The van der Waals surface area contributed by atoms with Crippen molar-refractivity contribution < 1.29 is 14.7 Å². The Balaban J connectivity index is 2.94. The van der Waals surface area contributed by atoms with Gasteiger partial charge in [0.05, 0.1) is 6.42 Å². The molecule has 5 heteroatoms. The number of nitrogens with one attached hydrogen (secondary N) is 1. The molecule has 0 atom stereocenters. The minimum absolute atomic E-state index is 0.0787. The summed E-state index contributed by atoms with van der Waals surface area (Å²) >= 11 is 0. The first-order valence-corrected chi connectivity index (χ1v) is 7.35. The molecule has 0 bridgehead atoms. The number of hydrogen-bond acceptors (Lipinski definition) is 2. The van der Waals surface area contributed by atoms with Crippen LogP contribution in [0.15, 0.2) is 24.3 Å². The fourth-order valence-electron chi connectivity index (χ4n) is 2.15. The Labute approximate surface area is 126 Å². The SMILES string of the molecule is CCC(CC)NC(=O)N(CCC(=O)O)c1ccccc1C. The molecule has 1 aromatic carbocycles. The highest BCUT2D eigenvalue weighted by Crippen LogP contribution is 2.20. The Morgan fingerprint density at radius 1 is 1.24 bits per heavy atom. The van der Waals surface area contributed by atoms with Crippen LogP contribution in [-0.4, -0.2) is 29.7 Å². The number of anilines is 1. The number of aliphatic carboxylic acids is 1. The van der Waals surface area contributed by atoms with E-state index in [-0.39, 0.29) is 25.0 Å². The number of amides is 2.